The highest BCUT2D eigenvalue weighted by atomic mass is 16.5. The first-order valence-electron chi connectivity index (χ1n) is 4.97. The Kier molecular flexibility index (Phi) is 8.54. The lowest BCUT2D eigenvalue weighted by molar-refractivity contribution is 0.0366. The van der Waals surface area contributed by atoms with Crippen LogP contribution < -0.4 is 5.73 Å². The van der Waals surface area contributed by atoms with E-state index in [1.165, 1.54) is 0 Å². The van der Waals surface area contributed by atoms with E-state index in [-0.39, 0.29) is 0 Å². The smallest absolute Gasteiger partial charge is 0.0950 e. The van der Waals surface area contributed by atoms with Crippen molar-refractivity contribution in [1.82, 2.24) is 0 Å². The summed E-state index contributed by atoms with van der Waals surface area (Å²) < 4.78 is 10.5. The van der Waals surface area contributed by atoms with Gasteiger partial charge in [-0.15, -0.1) is 0 Å². The van der Waals surface area contributed by atoms with Crippen molar-refractivity contribution in [1.29, 1.82) is 5.26 Å². The summed E-state index contributed by atoms with van der Waals surface area (Å²) in [6.07, 6.45) is 0.584. The Bertz CT molecular complexity index is 166. The van der Waals surface area contributed by atoms with Gasteiger partial charge < -0.3 is 15.2 Å². The molecule has 0 aromatic rings. The standard InChI is InChI=1S/C10H20N2O2/c1-9(2)8-14-6-5-13-4-3-10(12)7-11/h9-10H,3-6,8,12H2,1-2H3. The number of nitrogens with two attached hydrogens (primary N) is 1. The Morgan fingerprint density at radius 3 is 2.43 bits per heavy atom. The molecule has 0 aliphatic heterocycles. The first-order chi connectivity index (χ1) is 6.66. The van der Waals surface area contributed by atoms with Crippen molar-refractivity contribution in [2.45, 2.75) is 26.3 Å². The average Bonchev–Trinajstić information content (AvgIpc) is 2.15. The Labute approximate surface area is 86.0 Å². The minimum atomic E-state index is -0.411. The van der Waals surface area contributed by atoms with Crippen LogP contribution in [-0.4, -0.2) is 32.5 Å². The summed E-state index contributed by atoms with van der Waals surface area (Å²) in [5.41, 5.74) is 5.38. The monoisotopic (exact) mass is 200 g/mol. The van der Waals surface area contributed by atoms with E-state index in [1.54, 1.807) is 0 Å². The van der Waals surface area contributed by atoms with E-state index in [2.05, 4.69) is 13.8 Å². The zero-order valence-corrected chi connectivity index (χ0v) is 9.03. The molecule has 0 fully saturated rings. The van der Waals surface area contributed by atoms with E-state index in [0.717, 1.165) is 6.61 Å². The van der Waals surface area contributed by atoms with Gasteiger partial charge in [0.2, 0.25) is 0 Å². The maximum atomic E-state index is 8.38. The Morgan fingerprint density at radius 2 is 1.86 bits per heavy atom. The lowest BCUT2D eigenvalue weighted by Gasteiger charge is -2.07. The second kappa shape index (κ2) is 8.95. The Balaban J connectivity index is 3.04. The van der Waals surface area contributed by atoms with Gasteiger partial charge in [0.15, 0.2) is 0 Å². The second-order valence-electron chi connectivity index (χ2n) is 3.61. The molecule has 0 radical (unpaired) electrons. The molecule has 1 atom stereocenters. The van der Waals surface area contributed by atoms with Crippen molar-refractivity contribution in [3.05, 3.63) is 0 Å². The van der Waals surface area contributed by atoms with Crippen molar-refractivity contribution in [3.8, 4) is 6.07 Å². The van der Waals surface area contributed by atoms with Crippen molar-refractivity contribution < 1.29 is 9.47 Å². The van der Waals surface area contributed by atoms with E-state index in [9.17, 15) is 0 Å². The molecule has 0 saturated carbocycles. The molecule has 0 bridgehead atoms. The van der Waals surface area contributed by atoms with Crippen LogP contribution in [0.3, 0.4) is 0 Å². The van der Waals surface area contributed by atoms with Crippen LogP contribution >= 0.6 is 0 Å². The van der Waals surface area contributed by atoms with Crippen LogP contribution in [0.2, 0.25) is 0 Å². The first kappa shape index (κ1) is 13.4. The molecule has 0 amide bonds. The van der Waals surface area contributed by atoms with Crippen LogP contribution in [0.15, 0.2) is 0 Å². The largest absolute Gasteiger partial charge is 0.379 e. The van der Waals surface area contributed by atoms with Crippen LogP contribution in [0.25, 0.3) is 0 Å². The van der Waals surface area contributed by atoms with E-state index < -0.39 is 6.04 Å². The molecule has 0 aliphatic rings. The number of nitriles is 1. The quantitative estimate of drug-likeness (QED) is 0.591. The first-order valence-corrected chi connectivity index (χ1v) is 4.97. The van der Waals surface area contributed by atoms with Crippen molar-refractivity contribution in [2.75, 3.05) is 26.4 Å². The van der Waals surface area contributed by atoms with Crippen LogP contribution in [0.1, 0.15) is 20.3 Å². The summed E-state index contributed by atoms with van der Waals surface area (Å²) in [5.74, 6) is 0.557. The molecule has 0 aromatic heterocycles. The molecule has 0 heterocycles. The summed E-state index contributed by atoms with van der Waals surface area (Å²) in [4.78, 5) is 0. The lowest BCUT2D eigenvalue weighted by Crippen LogP contribution is -2.20. The van der Waals surface area contributed by atoms with Crippen LogP contribution in [-0.2, 0) is 9.47 Å². The molecule has 82 valence electrons. The number of hydrogen-bond acceptors (Lipinski definition) is 4. The molecule has 14 heavy (non-hydrogen) atoms. The van der Waals surface area contributed by atoms with Gasteiger partial charge in [-0.2, -0.15) is 5.26 Å². The molecule has 1 unspecified atom stereocenters. The predicted octanol–water partition coefficient (Wildman–Crippen LogP) is 0.917. The van der Waals surface area contributed by atoms with Crippen molar-refractivity contribution in [3.63, 3.8) is 0 Å². The maximum absolute atomic E-state index is 8.38. The number of nitrogens with zero attached hydrogens (tertiary/aromatic N) is 1. The highest BCUT2D eigenvalue weighted by Crippen LogP contribution is 1.92. The fraction of sp³-hybridized carbons (Fsp3) is 0.900. The minimum Gasteiger partial charge on any atom is -0.379 e. The van der Waals surface area contributed by atoms with Gasteiger partial charge in [-0.25, -0.2) is 0 Å². The van der Waals surface area contributed by atoms with Crippen LogP contribution in [0, 0.1) is 17.2 Å². The van der Waals surface area contributed by atoms with Gasteiger partial charge in [0.1, 0.15) is 0 Å². The van der Waals surface area contributed by atoms with Gasteiger partial charge >= 0.3 is 0 Å². The molecule has 4 nitrogen and oxygen atoms in total. The molecule has 4 heteroatoms. The molecular weight excluding hydrogens is 180 g/mol. The lowest BCUT2D eigenvalue weighted by atomic mass is 10.2. The minimum absolute atomic E-state index is 0.411. The zero-order valence-electron chi connectivity index (χ0n) is 9.03. The molecule has 0 rings (SSSR count). The van der Waals surface area contributed by atoms with Crippen LogP contribution in [0.4, 0.5) is 0 Å². The van der Waals surface area contributed by atoms with Gasteiger partial charge in [-0.1, -0.05) is 13.8 Å². The van der Waals surface area contributed by atoms with Gasteiger partial charge in [0.25, 0.3) is 0 Å². The Hall–Kier alpha value is -0.630. The van der Waals surface area contributed by atoms with E-state index in [4.69, 9.17) is 20.5 Å². The highest BCUT2D eigenvalue weighted by Gasteiger charge is 1.99. The van der Waals surface area contributed by atoms with E-state index >= 15 is 0 Å². The third-order valence-corrected chi connectivity index (χ3v) is 1.56. The number of rotatable bonds is 8. The fourth-order valence-electron chi connectivity index (χ4n) is 0.814. The maximum Gasteiger partial charge on any atom is 0.0950 e. The SMILES string of the molecule is CC(C)COCCOCCC(N)C#N. The molecule has 0 aliphatic carbocycles. The predicted molar refractivity (Wildman–Crippen MR) is 54.7 cm³/mol. The summed E-state index contributed by atoms with van der Waals surface area (Å²) in [7, 11) is 0. The summed E-state index contributed by atoms with van der Waals surface area (Å²) in [6.45, 7) is 6.69. The third kappa shape index (κ3) is 9.46. The molecule has 0 aromatic carbocycles. The molecule has 2 N–H and O–H groups in total. The van der Waals surface area contributed by atoms with Crippen molar-refractivity contribution in [2.24, 2.45) is 11.7 Å². The number of ether oxygens (including phenoxy) is 2. The fourth-order valence-corrected chi connectivity index (χ4v) is 0.814. The highest BCUT2D eigenvalue weighted by molar-refractivity contribution is 4.85. The molecular formula is C10H20N2O2. The van der Waals surface area contributed by atoms with Gasteiger partial charge in [-0.3, -0.25) is 0 Å². The summed E-state index contributed by atoms with van der Waals surface area (Å²) in [6, 6.07) is 1.54. The number of hydrogen-bond donors (Lipinski definition) is 1. The van der Waals surface area contributed by atoms with E-state index in [0.29, 0.717) is 32.2 Å². The Morgan fingerprint density at radius 1 is 1.21 bits per heavy atom. The second-order valence-corrected chi connectivity index (χ2v) is 3.61. The van der Waals surface area contributed by atoms with Gasteiger partial charge in [0, 0.05) is 13.2 Å². The van der Waals surface area contributed by atoms with Gasteiger partial charge in [0.05, 0.1) is 25.3 Å². The average molecular weight is 200 g/mol. The normalized spacial score (nSPS) is 12.8. The van der Waals surface area contributed by atoms with Crippen molar-refractivity contribution >= 4 is 0 Å². The molecule has 0 saturated heterocycles. The van der Waals surface area contributed by atoms with Crippen LogP contribution in [0.5, 0.6) is 0 Å². The van der Waals surface area contributed by atoms with Gasteiger partial charge in [-0.05, 0) is 12.3 Å². The zero-order chi connectivity index (χ0) is 10.8. The van der Waals surface area contributed by atoms with E-state index in [1.807, 2.05) is 6.07 Å². The topological polar surface area (TPSA) is 68.3 Å². The summed E-state index contributed by atoms with van der Waals surface area (Å²) >= 11 is 0. The third-order valence-electron chi connectivity index (χ3n) is 1.56. The summed E-state index contributed by atoms with van der Waals surface area (Å²) in [5, 5.41) is 8.38. The molecule has 0 spiro atoms.